The third kappa shape index (κ3) is 6.84. The molecule has 3 heterocycles. The molecule has 1 aromatic carbocycles. The predicted octanol–water partition coefficient (Wildman–Crippen LogP) is 5.39. The van der Waals surface area contributed by atoms with Crippen LogP contribution >= 0.6 is 0 Å². The maximum absolute atomic E-state index is 13.5. The molecule has 2 aliphatic heterocycles. The number of nitrogens with one attached hydrogen (secondary N) is 2. The van der Waals surface area contributed by atoms with Crippen LogP contribution < -0.4 is 20.3 Å². The number of hydrogen-bond acceptors (Lipinski definition) is 5. The molecule has 14 heteroatoms. The SMILES string of the molecule is C[C@H](NC(=O)c1ccc(N2C3CCC2CC(NC(=O)C(C)(C)Oc2ccc(F)cc2C(F)(F)F)C3)nc1)C(F)(F)F. The first-order valence-corrected chi connectivity index (χ1v) is 12.9. The Morgan fingerprint density at radius 3 is 2.20 bits per heavy atom. The van der Waals surface area contributed by atoms with E-state index < -0.39 is 52.9 Å². The molecule has 0 saturated carbocycles. The van der Waals surface area contributed by atoms with Crippen LogP contribution in [0.25, 0.3) is 0 Å². The van der Waals surface area contributed by atoms with Crippen LogP contribution in [0.15, 0.2) is 36.5 Å². The van der Waals surface area contributed by atoms with Crippen LogP contribution in [0, 0.1) is 5.82 Å². The van der Waals surface area contributed by atoms with Crippen LogP contribution in [-0.4, -0.2) is 52.7 Å². The predicted molar refractivity (Wildman–Crippen MR) is 134 cm³/mol. The Balaban J connectivity index is 1.39. The molecule has 2 saturated heterocycles. The van der Waals surface area contributed by atoms with Crippen molar-refractivity contribution in [3.63, 3.8) is 0 Å². The second-order valence-corrected chi connectivity index (χ2v) is 10.8. The molecule has 2 bridgehead atoms. The molecule has 0 aliphatic carbocycles. The van der Waals surface area contributed by atoms with Crippen molar-refractivity contribution >= 4 is 17.6 Å². The average Bonchev–Trinajstić information content (AvgIpc) is 3.13. The number of pyridine rings is 1. The standard InChI is InChI=1S/C27H29F7N4O3/c1-14(26(29,30)31)36-23(39)15-4-9-22(35-13-15)38-18-6-7-19(38)12-17(11-18)37-24(40)25(2,3)41-21-8-5-16(28)10-20(21)27(32,33)34/h4-5,8-10,13-14,17-19H,6-7,11-12H2,1-3H3,(H,36,39)(H,37,40)/t14-,17?,18?,19?/m0/s1. The van der Waals surface area contributed by atoms with Crippen LogP contribution in [0.3, 0.4) is 0 Å². The molecule has 7 nitrogen and oxygen atoms in total. The normalized spacial score (nSPS) is 21.8. The van der Waals surface area contributed by atoms with Crippen LogP contribution in [-0.2, 0) is 11.0 Å². The number of halogens is 7. The zero-order chi connectivity index (χ0) is 30.3. The summed E-state index contributed by atoms with van der Waals surface area (Å²) in [6.45, 7) is 3.50. The molecule has 2 unspecified atom stereocenters. The van der Waals surface area contributed by atoms with Crippen molar-refractivity contribution in [3.05, 3.63) is 53.5 Å². The number of hydrogen-bond donors (Lipinski definition) is 2. The van der Waals surface area contributed by atoms with Gasteiger partial charge in [0.05, 0.1) is 5.56 Å². The van der Waals surface area contributed by atoms with Crippen molar-refractivity contribution in [1.29, 1.82) is 0 Å². The molecule has 3 atom stereocenters. The number of benzene rings is 1. The van der Waals surface area contributed by atoms with E-state index in [1.165, 1.54) is 26.1 Å². The molecule has 224 valence electrons. The minimum Gasteiger partial charge on any atom is -0.477 e. The molecule has 0 spiro atoms. The minimum absolute atomic E-state index is 0.0172. The number of carbonyl (C=O) groups is 2. The summed E-state index contributed by atoms with van der Waals surface area (Å²) < 4.78 is 97.3. The Bertz CT molecular complexity index is 1270. The highest BCUT2D eigenvalue weighted by molar-refractivity contribution is 5.94. The lowest BCUT2D eigenvalue weighted by Gasteiger charge is -2.41. The number of ether oxygens (including phenoxy) is 1. The van der Waals surface area contributed by atoms with Gasteiger partial charge >= 0.3 is 12.4 Å². The van der Waals surface area contributed by atoms with Gasteiger partial charge in [0.2, 0.25) is 0 Å². The van der Waals surface area contributed by atoms with Gasteiger partial charge in [-0.1, -0.05) is 0 Å². The molecule has 2 aromatic rings. The zero-order valence-corrected chi connectivity index (χ0v) is 22.4. The quantitative estimate of drug-likeness (QED) is 0.423. The Morgan fingerprint density at radius 1 is 1.02 bits per heavy atom. The number of aromatic nitrogens is 1. The number of rotatable bonds is 7. The topological polar surface area (TPSA) is 83.6 Å². The van der Waals surface area contributed by atoms with Crippen molar-refractivity contribution in [1.82, 2.24) is 15.6 Å². The Morgan fingerprint density at radius 2 is 1.66 bits per heavy atom. The highest BCUT2D eigenvalue weighted by Gasteiger charge is 2.44. The Labute approximate surface area is 231 Å². The minimum atomic E-state index is -4.88. The smallest absolute Gasteiger partial charge is 0.420 e. The third-order valence-corrected chi connectivity index (χ3v) is 7.34. The average molecular weight is 591 g/mol. The second kappa shape index (κ2) is 11.0. The van der Waals surface area contributed by atoms with Crippen LogP contribution in [0.1, 0.15) is 62.4 Å². The van der Waals surface area contributed by atoms with Gasteiger partial charge in [-0.3, -0.25) is 9.59 Å². The van der Waals surface area contributed by atoms with E-state index >= 15 is 0 Å². The summed E-state index contributed by atoms with van der Waals surface area (Å²) in [6.07, 6.45) is -5.65. The van der Waals surface area contributed by atoms with Gasteiger partial charge < -0.3 is 20.3 Å². The summed E-state index contributed by atoms with van der Waals surface area (Å²) >= 11 is 0. The van der Waals surface area contributed by atoms with E-state index in [1.54, 1.807) is 6.07 Å². The summed E-state index contributed by atoms with van der Waals surface area (Å²) in [5.41, 5.74) is -3.04. The van der Waals surface area contributed by atoms with Crippen LogP contribution in [0.5, 0.6) is 5.75 Å². The first-order valence-electron chi connectivity index (χ1n) is 12.9. The van der Waals surface area contributed by atoms with E-state index in [9.17, 15) is 40.3 Å². The fourth-order valence-electron chi connectivity index (χ4n) is 5.20. The summed E-state index contributed by atoms with van der Waals surface area (Å²) in [6, 6.07) is 2.55. The molecule has 41 heavy (non-hydrogen) atoms. The van der Waals surface area contributed by atoms with Crippen LogP contribution in [0.2, 0.25) is 0 Å². The van der Waals surface area contributed by atoms with Gasteiger partial charge in [0.15, 0.2) is 5.60 Å². The summed E-state index contributed by atoms with van der Waals surface area (Å²) in [5.74, 6) is -2.73. The lowest BCUT2D eigenvalue weighted by Crippen LogP contribution is -2.55. The number of amides is 2. The fourth-order valence-corrected chi connectivity index (χ4v) is 5.20. The highest BCUT2D eigenvalue weighted by Crippen LogP contribution is 2.40. The Kier molecular flexibility index (Phi) is 8.16. The molecule has 2 fully saturated rings. The number of anilines is 1. The molecule has 1 aromatic heterocycles. The Hall–Kier alpha value is -3.58. The van der Waals surface area contributed by atoms with E-state index in [2.05, 4.69) is 15.2 Å². The maximum Gasteiger partial charge on any atom is 0.420 e. The first kappa shape index (κ1) is 30.4. The largest absolute Gasteiger partial charge is 0.477 e. The van der Waals surface area contributed by atoms with E-state index in [0.717, 1.165) is 31.9 Å². The lowest BCUT2D eigenvalue weighted by atomic mass is 9.96. The number of fused-ring (bicyclic) bond motifs is 2. The highest BCUT2D eigenvalue weighted by atomic mass is 19.4. The van der Waals surface area contributed by atoms with Gasteiger partial charge in [0.25, 0.3) is 11.8 Å². The number of piperidine rings is 1. The summed E-state index contributed by atoms with van der Waals surface area (Å²) in [7, 11) is 0. The third-order valence-electron chi connectivity index (χ3n) is 7.34. The van der Waals surface area contributed by atoms with Crippen LogP contribution in [0.4, 0.5) is 36.6 Å². The maximum atomic E-state index is 13.5. The monoisotopic (exact) mass is 590 g/mol. The lowest BCUT2D eigenvalue weighted by molar-refractivity contribution is -0.149. The van der Waals surface area contributed by atoms with E-state index in [-0.39, 0.29) is 23.7 Å². The number of alkyl halides is 6. The fraction of sp³-hybridized carbons (Fsp3) is 0.519. The molecule has 2 N–H and O–H groups in total. The molecular weight excluding hydrogens is 561 g/mol. The first-order chi connectivity index (χ1) is 19.0. The van der Waals surface area contributed by atoms with E-state index in [1.807, 2.05) is 5.32 Å². The van der Waals surface area contributed by atoms with Crippen molar-refractivity contribution in [2.75, 3.05) is 4.90 Å². The molecular formula is C27H29F7N4O3. The van der Waals surface area contributed by atoms with Gasteiger partial charge in [-0.25, -0.2) is 9.37 Å². The molecule has 0 radical (unpaired) electrons. The van der Waals surface area contributed by atoms with Crippen molar-refractivity contribution in [2.24, 2.45) is 0 Å². The molecule has 2 amide bonds. The summed E-state index contributed by atoms with van der Waals surface area (Å²) in [5, 5.41) is 4.75. The zero-order valence-electron chi connectivity index (χ0n) is 22.4. The molecule has 2 aliphatic rings. The van der Waals surface area contributed by atoms with E-state index in [4.69, 9.17) is 4.74 Å². The number of nitrogens with zero attached hydrogens (tertiary/aromatic N) is 2. The van der Waals surface area contributed by atoms with Crippen molar-refractivity contribution in [2.45, 2.75) is 88.6 Å². The van der Waals surface area contributed by atoms with Crippen molar-refractivity contribution < 1.29 is 45.1 Å². The van der Waals surface area contributed by atoms with Gasteiger partial charge in [-0.05, 0) is 76.8 Å². The van der Waals surface area contributed by atoms with Gasteiger partial charge in [-0.2, -0.15) is 26.3 Å². The van der Waals surface area contributed by atoms with Gasteiger partial charge in [-0.15, -0.1) is 0 Å². The summed E-state index contributed by atoms with van der Waals surface area (Å²) in [4.78, 5) is 31.6. The van der Waals surface area contributed by atoms with E-state index in [0.29, 0.717) is 24.7 Å². The van der Waals surface area contributed by atoms with Gasteiger partial charge in [0.1, 0.15) is 29.0 Å². The second-order valence-electron chi connectivity index (χ2n) is 10.8. The van der Waals surface area contributed by atoms with Crippen molar-refractivity contribution in [3.8, 4) is 5.75 Å². The number of carbonyl (C=O) groups excluding carboxylic acids is 2. The van der Waals surface area contributed by atoms with Gasteiger partial charge in [0, 0.05) is 24.3 Å². The molecule has 4 rings (SSSR count).